The lowest BCUT2D eigenvalue weighted by molar-refractivity contribution is -0.313. The SMILES string of the molecule is C=CCOc1ccc(-c2ccc(-c3ccc(C4COC(OCC)OC4)c(F)c3)cc2)c(F)c1F. The Hall–Kier alpha value is -3.13. The van der Waals surface area contributed by atoms with E-state index >= 15 is 0 Å². The molecule has 0 amide bonds. The van der Waals surface area contributed by atoms with E-state index in [4.69, 9.17) is 18.9 Å². The molecule has 1 aliphatic heterocycles. The second-order valence-electron chi connectivity index (χ2n) is 7.76. The molecule has 34 heavy (non-hydrogen) atoms. The number of benzene rings is 3. The molecule has 1 saturated heterocycles. The van der Waals surface area contributed by atoms with Crippen LogP contribution in [0, 0.1) is 17.5 Å². The van der Waals surface area contributed by atoms with Crippen molar-refractivity contribution in [2.24, 2.45) is 0 Å². The van der Waals surface area contributed by atoms with Gasteiger partial charge in [-0.3, -0.25) is 0 Å². The molecular formula is C27H25F3O4. The van der Waals surface area contributed by atoms with Crippen LogP contribution in [0.1, 0.15) is 18.4 Å². The van der Waals surface area contributed by atoms with Crippen LogP contribution < -0.4 is 4.74 Å². The van der Waals surface area contributed by atoms with Crippen LogP contribution >= 0.6 is 0 Å². The molecule has 0 radical (unpaired) electrons. The Morgan fingerprint density at radius 1 is 0.912 bits per heavy atom. The van der Waals surface area contributed by atoms with E-state index in [1.807, 2.05) is 13.0 Å². The first kappa shape index (κ1) is 24.0. The lowest BCUT2D eigenvalue weighted by atomic mass is 9.95. The van der Waals surface area contributed by atoms with Gasteiger partial charge in [0.2, 0.25) is 5.82 Å². The maximum absolute atomic E-state index is 14.9. The number of hydrogen-bond donors (Lipinski definition) is 0. The zero-order valence-electron chi connectivity index (χ0n) is 18.7. The summed E-state index contributed by atoms with van der Waals surface area (Å²) in [7, 11) is 0. The van der Waals surface area contributed by atoms with Gasteiger partial charge in [0.1, 0.15) is 12.4 Å². The Balaban J connectivity index is 1.50. The average Bonchev–Trinajstić information content (AvgIpc) is 2.86. The van der Waals surface area contributed by atoms with Gasteiger partial charge in [0.05, 0.1) is 13.2 Å². The van der Waals surface area contributed by atoms with Crippen molar-refractivity contribution < 1.29 is 32.1 Å². The fourth-order valence-electron chi connectivity index (χ4n) is 3.79. The predicted molar refractivity (Wildman–Crippen MR) is 123 cm³/mol. The van der Waals surface area contributed by atoms with Crippen molar-refractivity contribution in [3.63, 3.8) is 0 Å². The summed E-state index contributed by atoms with van der Waals surface area (Å²) < 4.78 is 65.1. The third kappa shape index (κ3) is 5.17. The summed E-state index contributed by atoms with van der Waals surface area (Å²) in [5.74, 6) is -2.81. The van der Waals surface area contributed by atoms with E-state index < -0.39 is 18.1 Å². The van der Waals surface area contributed by atoms with Gasteiger partial charge < -0.3 is 18.9 Å². The molecule has 1 fully saturated rings. The van der Waals surface area contributed by atoms with E-state index in [9.17, 15) is 13.2 Å². The Kier molecular flexibility index (Phi) is 7.67. The molecule has 7 heteroatoms. The third-order valence-corrected chi connectivity index (χ3v) is 5.54. The van der Waals surface area contributed by atoms with Crippen LogP contribution in [0.25, 0.3) is 22.3 Å². The highest BCUT2D eigenvalue weighted by Gasteiger charge is 2.26. The summed E-state index contributed by atoms with van der Waals surface area (Å²) in [6, 6.07) is 14.6. The minimum absolute atomic E-state index is 0.0777. The minimum Gasteiger partial charge on any atom is -0.486 e. The van der Waals surface area contributed by atoms with Crippen molar-refractivity contribution in [3.8, 4) is 28.0 Å². The van der Waals surface area contributed by atoms with Crippen LogP contribution in [0.5, 0.6) is 5.75 Å². The molecule has 0 aliphatic carbocycles. The average molecular weight is 470 g/mol. The van der Waals surface area contributed by atoms with E-state index in [0.29, 0.717) is 36.5 Å². The number of rotatable bonds is 8. The molecule has 1 aliphatic rings. The normalized spacial score (nSPS) is 18.0. The molecule has 0 saturated carbocycles. The first-order valence-corrected chi connectivity index (χ1v) is 11.0. The lowest BCUT2D eigenvalue weighted by Crippen LogP contribution is -2.33. The highest BCUT2D eigenvalue weighted by molar-refractivity contribution is 5.71. The topological polar surface area (TPSA) is 36.9 Å². The quantitative estimate of drug-likeness (QED) is 0.355. The van der Waals surface area contributed by atoms with Crippen LogP contribution in [0.2, 0.25) is 0 Å². The second-order valence-corrected chi connectivity index (χ2v) is 7.76. The molecule has 0 bridgehead atoms. The molecule has 0 unspecified atom stereocenters. The Morgan fingerprint density at radius 2 is 1.59 bits per heavy atom. The molecule has 4 rings (SSSR count). The van der Waals surface area contributed by atoms with Gasteiger partial charge in [0.15, 0.2) is 11.6 Å². The van der Waals surface area contributed by atoms with Gasteiger partial charge >= 0.3 is 0 Å². The maximum Gasteiger partial charge on any atom is 0.271 e. The highest BCUT2D eigenvalue weighted by atomic mass is 19.2. The fourth-order valence-corrected chi connectivity index (χ4v) is 3.79. The van der Waals surface area contributed by atoms with Gasteiger partial charge in [-0.15, -0.1) is 0 Å². The van der Waals surface area contributed by atoms with E-state index in [2.05, 4.69) is 6.58 Å². The van der Waals surface area contributed by atoms with Gasteiger partial charge in [-0.2, -0.15) is 4.39 Å². The number of hydrogen-bond acceptors (Lipinski definition) is 4. The van der Waals surface area contributed by atoms with E-state index in [-0.39, 0.29) is 29.7 Å². The zero-order valence-corrected chi connectivity index (χ0v) is 18.7. The molecule has 3 aromatic rings. The molecule has 0 spiro atoms. The largest absolute Gasteiger partial charge is 0.486 e. The van der Waals surface area contributed by atoms with Crippen LogP contribution in [0.3, 0.4) is 0 Å². The first-order valence-electron chi connectivity index (χ1n) is 11.0. The molecular weight excluding hydrogens is 445 g/mol. The maximum atomic E-state index is 14.9. The minimum atomic E-state index is -1.05. The van der Waals surface area contributed by atoms with Crippen LogP contribution in [0.4, 0.5) is 13.2 Å². The highest BCUT2D eigenvalue weighted by Crippen LogP contribution is 2.33. The fraction of sp³-hybridized carbons (Fsp3) is 0.259. The molecule has 0 atom stereocenters. The van der Waals surface area contributed by atoms with Crippen LogP contribution in [-0.4, -0.2) is 32.9 Å². The third-order valence-electron chi connectivity index (χ3n) is 5.54. The van der Waals surface area contributed by atoms with Crippen LogP contribution in [0.15, 0.2) is 67.3 Å². The standard InChI is InChI=1S/C27H25F3O4/c1-3-13-32-24-12-11-22(25(29)26(24)30)18-7-5-17(6-8-18)19-9-10-21(23(28)14-19)20-15-33-27(31-4-2)34-16-20/h3,5-12,14,20,27H,1,4,13,15-16H2,2H3. The van der Waals surface area contributed by atoms with Gasteiger partial charge in [-0.25, -0.2) is 8.78 Å². The van der Waals surface area contributed by atoms with Gasteiger partial charge in [0, 0.05) is 18.1 Å². The first-order chi connectivity index (χ1) is 16.5. The van der Waals surface area contributed by atoms with Gasteiger partial charge in [-0.1, -0.05) is 49.1 Å². The monoisotopic (exact) mass is 470 g/mol. The second kappa shape index (κ2) is 10.9. The van der Waals surface area contributed by atoms with Crippen LogP contribution in [-0.2, 0) is 14.2 Å². The summed E-state index contributed by atoms with van der Waals surface area (Å²) in [5.41, 5.74) is 2.52. The molecule has 178 valence electrons. The van der Waals surface area contributed by atoms with E-state index in [0.717, 1.165) is 5.56 Å². The van der Waals surface area contributed by atoms with Crippen molar-refractivity contribution in [3.05, 3.63) is 90.3 Å². The van der Waals surface area contributed by atoms with Crippen molar-refractivity contribution in [2.75, 3.05) is 26.4 Å². The lowest BCUT2D eigenvalue weighted by Gasteiger charge is -2.29. The van der Waals surface area contributed by atoms with Crippen molar-refractivity contribution >= 4 is 0 Å². The molecule has 0 aromatic heterocycles. The summed E-state index contributed by atoms with van der Waals surface area (Å²) in [6.45, 7) is 5.76. The smallest absolute Gasteiger partial charge is 0.271 e. The Morgan fingerprint density at radius 3 is 2.24 bits per heavy atom. The summed E-state index contributed by atoms with van der Waals surface area (Å²) in [6.07, 6.45) is 1.45. The predicted octanol–water partition coefficient (Wildman–Crippen LogP) is 6.45. The summed E-state index contributed by atoms with van der Waals surface area (Å²) in [4.78, 5) is 0. The molecule has 3 aromatic carbocycles. The molecule has 4 nitrogen and oxygen atoms in total. The number of halogens is 3. The molecule has 0 N–H and O–H groups in total. The zero-order chi connectivity index (χ0) is 24.1. The Labute approximate surface area is 196 Å². The summed E-state index contributed by atoms with van der Waals surface area (Å²) in [5, 5.41) is 0. The van der Waals surface area contributed by atoms with Gasteiger partial charge in [0.25, 0.3) is 6.48 Å². The summed E-state index contributed by atoms with van der Waals surface area (Å²) >= 11 is 0. The number of ether oxygens (including phenoxy) is 4. The Bertz CT molecular complexity index is 1140. The van der Waals surface area contributed by atoms with Crippen molar-refractivity contribution in [2.45, 2.75) is 19.3 Å². The molecule has 1 heterocycles. The van der Waals surface area contributed by atoms with E-state index in [1.165, 1.54) is 24.3 Å². The van der Waals surface area contributed by atoms with E-state index in [1.54, 1.807) is 30.3 Å². The van der Waals surface area contributed by atoms with Crippen molar-refractivity contribution in [1.82, 2.24) is 0 Å². The van der Waals surface area contributed by atoms with Crippen molar-refractivity contribution in [1.29, 1.82) is 0 Å². The van der Waals surface area contributed by atoms with Gasteiger partial charge in [-0.05, 0) is 47.4 Å².